The van der Waals surface area contributed by atoms with E-state index in [-0.39, 0.29) is 5.82 Å². The maximum absolute atomic E-state index is 14.3. The highest BCUT2D eigenvalue weighted by molar-refractivity contribution is 7.71. The van der Waals surface area contributed by atoms with Gasteiger partial charge in [0.05, 0.1) is 12.2 Å². The van der Waals surface area contributed by atoms with Gasteiger partial charge in [0.1, 0.15) is 5.82 Å². The van der Waals surface area contributed by atoms with E-state index in [1.807, 2.05) is 10.7 Å². The molecule has 1 saturated carbocycles. The van der Waals surface area contributed by atoms with Gasteiger partial charge in [0.2, 0.25) is 0 Å². The molecule has 1 aliphatic carbocycles. The third-order valence-electron chi connectivity index (χ3n) is 5.43. The van der Waals surface area contributed by atoms with Crippen LogP contribution in [0.5, 0.6) is 0 Å². The van der Waals surface area contributed by atoms with Gasteiger partial charge in [-0.25, -0.2) is 9.07 Å². The minimum Gasteiger partial charge on any atom is -0.297 e. The SMILES string of the molecule is CC[C@@H]1CCCCN1Cn1nc(-c2ccccc2F)n(C2CC2)c1=S. The Labute approximate surface area is 153 Å². The summed E-state index contributed by atoms with van der Waals surface area (Å²) in [5, 5.41) is 4.76. The van der Waals surface area contributed by atoms with Crippen LogP contribution in [0, 0.1) is 10.6 Å². The zero-order chi connectivity index (χ0) is 17.4. The summed E-state index contributed by atoms with van der Waals surface area (Å²) in [7, 11) is 0. The lowest BCUT2D eigenvalue weighted by molar-refractivity contribution is 0.100. The second-order valence-corrected chi connectivity index (χ2v) is 7.56. The lowest BCUT2D eigenvalue weighted by atomic mass is 10.0. The molecule has 25 heavy (non-hydrogen) atoms. The molecule has 1 aromatic heterocycles. The molecule has 1 saturated heterocycles. The molecule has 2 aromatic rings. The number of benzene rings is 1. The van der Waals surface area contributed by atoms with Crippen molar-refractivity contribution in [3.63, 3.8) is 0 Å². The van der Waals surface area contributed by atoms with Crippen LogP contribution in [-0.2, 0) is 6.67 Å². The fourth-order valence-electron chi connectivity index (χ4n) is 3.88. The lowest BCUT2D eigenvalue weighted by Crippen LogP contribution is -2.40. The molecule has 1 aliphatic heterocycles. The average Bonchev–Trinajstić information content (AvgIpc) is 3.41. The molecule has 0 unspecified atom stereocenters. The standard InChI is InChI=1S/C19H25FN4S/c1-2-14-7-5-6-12-22(14)13-23-19(25)24(15-10-11-15)18(21-23)16-8-3-4-9-17(16)20/h3-4,8-9,14-15H,2,5-7,10-13H2,1H3/t14-/m1/s1. The van der Waals surface area contributed by atoms with Gasteiger partial charge in [0.15, 0.2) is 10.6 Å². The molecule has 6 heteroatoms. The van der Waals surface area contributed by atoms with Crippen molar-refractivity contribution in [3.8, 4) is 11.4 Å². The molecule has 2 heterocycles. The molecule has 134 valence electrons. The Kier molecular flexibility index (Phi) is 4.73. The van der Waals surface area contributed by atoms with Gasteiger partial charge in [-0.05, 0) is 56.5 Å². The molecule has 0 bridgehead atoms. The fraction of sp³-hybridized carbons (Fsp3) is 0.579. The normalized spacial score (nSPS) is 21.6. The molecule has 0 spiro atoms. The highest BCUT2D eigenvalue weighted by Gasteiger charge is 2.30. The number of aromatic nitrogens is 3. The number of hydrogen-bond donors (Lipinski definition) is 0. The van der Waals surface area contributed by atoms with Crippen LogP contribution >= 0.6 is 12.2 Å². The van der Waals surface area contributed by atoms with E-state index >= 15 is 0 Å². The van der Waals surface area contributed by atoms with E-state index < -0.39 is 0 Å². The summed E-state index contributed by atoms with van der Waals surface area (Å²) in [6.07, 6.45) is 7.13. The largest absolute Gasteiger partial charge is 0.297 e. The molecular weight excluding hydrogens is 335 g/mol. The number of likely N-dealkylation sites (tertiary alicyclic amines) is 1. The van der Waals surface area contributed by atoms with Crippen LogP contribution in [0.3, 0.4) is 0 Å². The summed E-state index contributed by atoms with van der Waals surface area (Å²) in [6, 6.07) is 7.83. The smallest absolute Gasteiger partial charge is 0.199 e. The Balaban J connectivity index is 1.71. The van der Waals surface area contributed by atoms with Crippen LogP contribution in [0.1, 0.15) is 51.5 Å². The van der Waals surface area contributed by atoms with Gasteiger partial charge < -0.3 is 0 Å². The average molecular weight is 361 g/mol. The van der Waals surface area contributed by atoms with Gasteiger partial charge >= 0.3 is 0 Å². The summed E-state index contributed by atoms with van der Waals surface area (Å²) < 4.78 is 19.0. The van der Waals surface area contributed by atoms with Crippen molar-refractivity contribution in [2.75, 3.05) is 6.54 Å². The second-order valence-electron chi connectivity index (χ2n) is 7.20. The monoisotopic (exact) mass is 360 g/mol. The predicted molar refractivity (Wildman–Crippen MR) is 99.4 cm³/mol. The Bertz CT molecular complexity index is 808. The summed E-state index contributed by atoms with van der Waals surface area (Å²) >= 11 is 5.73. The van der Waals surface area contributed by atoms with Crippen LogP contribution < -0.4 is 0 Å². The molecule has 0 N–H and O–H groups in total. The Hall–Kier alpha value is -1.53. The number of rotatable bonds is 5. The first-order valence-corrected chi connectivity index (χ1v) is 9.78. The minimum absolute atomic E-state index is 0.235. The molecule has 1 atom stereocenters. The fourth-order valence-corrected chi connectivity index (χ4v) is 4.22. The Morgan fingerprint density at radius 3 is 2.72 bits per heavy atom. The zero-order valence-electron chi connectivity index (χ0n) is 14.7. The third kappa shape index (κ3) is 3.29. The van der Waals surface area contributed by atoms with E-state index in [0.717, 1.165) is 30.6 Å². The Morgan fingerprint density at radius 1 is 1.20 bits per heavy atom. The number of nitrogens with zero attached hydrogens (tertiary/aromatic N) is 4. The van der Waals surface area contributed by atoms with E-state index in [0.29, 0.717) is 30.1 Å². The van der Waals surface area contributed by atoms with Gasteiger partial charge in [-0.2, -0.15) is 5.10 Å². The van der Waals surface area contributed by atoms with Crippen LogP contribution in [0.4, 0.5) is 4.39 Å². The maximum atomic E-state index is 14.3. The molecule has 0 amide bonds. The van der Waals surface area contributed by atoms with Crippen LogP contribution in [0.15, 0.2) is 24.3 Å². The van der Waals surface area contributed by atoms with E-state index in [1.54, 1.807) is 12.1 Å². The first kappa shape index (κ1) is 16.9. The molecule has 2 aliphatic rings. The van der Waals surface area contributed by atoms with Crippen molar-refractivity contribution in [1.82, 2.24) is 19.2 Å². The van der Waals surface area contributed by atoms with Gasteiger partial charge in [-0.1, -0.05) is 25.5 Å². The molecule has 0 radical (unpaired) electrons. The van der Waals surface area contributed by atoms with E-state index in [4.69, 9.17) is 17.3 Å². The van der Waals surface area contributed by atoms with Crippen molar-refractivity contribution >= 4 is 12.2 Å². The second kappa shape index (κ2) is 7.00. The molecule has 4 nitrogen and oxygen atoms in total. The third-order valence-corrected chi connectivity index (χ3v) is 5.84. The lowest BCUT2D eigenvalue weighted by Gasteiger charge is -2.34. The van der Waals surface area contributed by atoms with Gasteiger partial charge in [-0.15, -0.1) is 0 Å². The van der Waals surface area contributed by atoms with Crippen molar-refractivity contribution < 1.29 is 4.39 Å². The van der Waals surface area contributed by atoms with Crippen molar-refractivity contribution in [2.45, 2.75) is 64.2 Å². The van der Waals surface area contributed by atoms with E-state index in [1.165, 1.54) is 25.3 Å². The number of piperidine rings is 1. The molecule has 2 fully saturated rings. The predicted octanol–water partition coefficient (Wildman–Crippen LogP) is 4.78. The van der Waals surface area contributed by atoms with Crippen molar-refractivity contribution in [2.24, 2.45) is 0 Å². The van der Waals surface area contributed by atoms with Gasteiger partial charge in [0, 0.05) is 18.6 Å². The first-order valence-electron chi connectivity index (χ1n) is 9.37. The van der Waals surface area contributed by atoms with Gasteiger partial charge in [-0.3, -0.25) is 9.47 Å². The maximum Gasteiger partial charge on any atom is 0.199 e. The molecule has 1 aromatic carbocycles. The van der Waals surface area contributed by atoms with E-state index in [9.17, 15) is 4.39 Å². The van der Waals surface area contributed by atoms with Gasteiger partial charge in [0.25, 0.3) is 0 Å². The summed E-state index contributed by atoms with van der Waals surface area (Å²) in [6.45, 7) is 4.04. The van der Waals surface area contributed by atoms with Crippen LogP contribution in [-0.4, -0.2) is 31.8 Å². The van der Waals surface area contributed by atoms with Crippen LogP contribution in [0.25, 0.3) is 11.4 Å². The Morgan fingerprint density at radius 2 is 2.00 bits per heavy atom. The summed E-state index contributed by atoms with van der Waals surface area (Å²) in [5.41, 5.74) is 0.546. The highest BCUT2D eigenvalue weighted by Crippen LogP contribution is 2.39. The quantitative estimate of drug-likeness (QED) is 0.718. The van der Waals surface area contributed by atoms with E-state index in [2.05, 4.69) is 16.4 Å². The first-order chi connectivity index (χ1) is 12.2. The van der Waals surface area contributed by atoms with Crippen LogP contribution in [0.2, 0.25) is 0 Å². The number of hydrogen-bond acceptors (Lipinski definition) is 3. The molecular formula is C19H25FN4S. The minimum atomic E-state index is -0.235. The zero-order valence-corrected chi connectivity index (χ0v) is 15.5. The van der Waals surface area contributed by atoms with Crippen molar-refractivity contribution in [1.29, 1.82) is 0 Å². The summed E-state index contributed by atoms with van der Waals surface area (Å²) in [5.74, 6) is 0.441. The number of halogens is 1. The summed E-state index contributed by atoms with van der Waals surface area (Å²) in [4.78, 5) is 2.48. The van der Waals surface area contributed by atoms with Crippen molar-refractivity contribution in [3.05, 3.63) is 34.9 Å². The molecule has 4 rings (SSSR count). The highest BCUT2D eigenvalue weighted by atomic mass is 32.1. The topological polar surface area (TPSA) is 26.0 Å².